The topological polar surface area (TPSA) is 52.6 Å². The van der Waals surface area contributed by atoms with Crippen molar-refractivity contribution in [2.75, 3.05) is 0 Å². The van der Waals surface area contributed by atoms with E-state index in [0.29, 0.717) is 17.1 Å². The zero-order chi connectivity index (χ0) is 20.5. The molecule has 0 N–H and O–H groups in total. The van der Waals surface area contributed by atoms with E-state index in [-0.39, 0.29) is 5.78 Å². The molecule has 146 valence electrons. The van der Waals surface area contributed by atoms with Crippen LogP contribution in [0.15, 0.2) is 66.7 Å². The minimum absolute atomic E-state index is 0.213. The molecule has 0 unspecified atom stereocenters. The Morgan fingerprint density at radius 2 is 1.45 bits per heavy atom. The summed E-state index contributed by atoms with van der Waals surface area (Å²) in [5, 5.41) is 0. The van der Waals surface area contributed by atoms with Crippen LogP contribution in [0.5, 0.6) is 11.5 Å². The van der Waals surface area contributed by atoms with Gasteiger partial charge in [0.2, 0.25) is 5.78 Å². The van der Waals surface area contributed by atoms with Crippen molar-refractivity contribution in [3.05, 3.63) is 94.5 Å². The first kappa shape index (κ1) is 18.9. The zero-order valence-electron chi connectivity index (χ0n) is 16.6. The predicted molar refractivity (Wildman–Crippen MR) is 111 cm³/mol. The maximum absolute atomic E-state index is 13.2. The number of benzene rings is 3. The molecule has 0 spiro atoms. The van der Waals surface area contributed by atoms with Crippen LogP contribution >= 0.6 is 0 Å². The number of ether oxygens (including phenoxy) is 2. The molecule has 4 rings (SSSR count). The normalized spacial score (nSPS) is 13.6. The second-order valence-electron chi connectivity index (χ2n) is 7.35. The van der Waals surface area contributed by atoms with E-state index in [1.807, 2.05) is 74.5 Å². The molecule has 1 aliphatic rings. The lowest BCUT2D eigenvalue weighted by Gasteiger charge is -2.27. The molecule has 29 heavy (non-hydrogen) atoms. The molecule has 0 bridgehead atoms. The van der Waals surface area contributed by atoms with Crippen LogP contribution in [-0.2, 0) is 9.53 Å². The van der Waals surface area contributed by atoms with Crippen molar-refractivity contribution in [3.63, 3.8) is 0 Å². The Labute approximate surface area is 170 Å². The van der Waals surface area contributed by atoms with Crippen molar-refractivity contribution in [1.29, 1.82) is 0 Å². The third-order valence-electron chi connectivity index (χ3n) is 5.37. The van der Waals surface area contributed by atoms with E-state index < -0.39 is 18.0 Å². The Morgan fingerprint density at radius 3 is 2.03 bits per heavy atom. The quantitative estimate of drug-likeness (QED) is 0.448. The minimum Gasteiger partial charge on any atom is -0.457 e. The number of esters is 1. The summed E-state index contributed by atoms with van der Waals surface area (Å²) in [6.07, 6.45) is -0.883. The Hall–Kier alpha value is -3.40. The van der Waals surface area contributed by atoms with Crippen LogP contribution in [-0.4, -0.2) is 17.9 Å². The van der Waals surface area contributed by atoms with Gasteiger partial charge in [0.05, 0.1) is 0 Å². The zero-order valence-corrected chi connectivity index (χ0v) is 16.6. The molecule has 3 aromatic carbocycles. The van der Waals surface area contributed by atoms with Crippen LogP contribution in [0.25, 0.3) is 0 Å². The second kappa shape index (κ2) is 7.55. The summed E-state index contributed by atoms with van der Waals surface area (Å²) in [5.74, 6) is -0.0540. The molecule has 0 saturated heterocycles. The summed E-state index contributed by atoms with van der Waals surface area (Å²) in [6.45, 7) is 5.57. The molecule has 0 radical (unpaired) electrons. The van der Waals surface area contributed by atoms with Gasteiger partial charge in [-0.3, -0.25) is 9.59 Å². The fraction of sp³-hybridized carbons (Fsp3) is 0.200. The van der Waals surface area contributed by atoms with E-state index in [9.17, 15) is 9.59 Å². The highest BCUT2D eigenvalue weighted by molar-refractivity contribution is 6.01. The van der Waals surface area contributed by atoms with Gasteiger partial charge in [-0.2, -0.15) is 0 Å². The number of aryl methyl sites for hydroxylation is 2. The predicted octanol–water partition coefficient (Wildman–Crippen LogP) is 5.36. The Kier molecular flexibility index (Phi) is 4.93. The molecular weight excluding hydrogens is 364 g/mol. The van der Waals surface area contributed by atoms with Gasteiger partial charge in [0.25, 0.3) is 0 Å². The van der Waals surface area contributed by atoms with Crippen LogP contribution in [0.4, 0.5) is 0 Å². The standard InChI is InChI=1S/C25H22O4/c1-15-12-13-18(14-16(15)2)24(26)17(3)28-25(27)23-19-8-4-6-10-21(19)29-22-11-7-5-9-20(22)23/h4-14,17,23H,1-3H3/t17-/m1/s1. The number of carbonyl (C=O) groups excluding carboxylic acids is 2. The van der Waals surface area contributed by atoms with E-state index >= 15 is 0 Å². The van der Waals surface area contributed by atoms with Gasteiger partial charge in [-0.05, 0) is 50.1 Å². The van der Waals surface area contributed by atoms with Crippen LogP contribution in [0.2, 0.25) is 0 Å². The van der Waals surface area contributed by atoms with E-state index in [4.69, 9.17) is 9.47 Å². The van der Waals surface area contributed by atoms with E-state index in [0.717, 1.165) is 22.3 Å². The van der Waals surface area contributed by atoms with Gasteiger partial charge < -0.3 is 9.47 Å². The number of hydrogen-bond donors (Lipinski definition) is 0. The molecule has 1 aliphatic heterocycles. The number of para-hydroxylation sites is 2. The largest absolute Gasteiger partial charge is 0.457 e. The monoisotopic (exact) mass is 386 g/mol. The van der Waals surface area contributed by atoms with Gasteiger partial charge in [0.15, 0.2) is 6.10 Å². The molecule has 4 heteroatoms. The Balaban J connectivity index is 1.61. The van der Waals surface area contributed by atoms with Crippen LogP contribution < -0.4 is 4.74 Å². The third-order valence-corrected chi connectivity index (χ3v) is 5.37. The molecule has 0 aromatic heterocycles. The van der Waals surface area contributed by atoms with Gasteiger partial charge in [0.1, 0.15) is 17.4 Å². The number of hydrogen-bond acceptors (Lipinski definition) is 4. The lowest BCUT2D eigenvalue weighted by Crippen LogP contribution is -2.29. The fourth-order valence-corrected chi connectivity index (χ4v) is 3.59. The van der Waals surface area contributed by atoms with Crippen molar-refractivity contribution in [2.45, 2.75) is 32.8 Å². The number of carbonyl (C=O) groups is 2. The SMILES string of the molecule is Cc1ccc(C(=O)[C@@H](C)OC(=O)C2c3ccccc3Oc3ccccc32)cc1C. The maximum atomic E-state index is 13.2. The second-order valence-corrected chi connectivity index (χ2v) is 7.35. The molecule has 0 fully saturated rings. The Morgan fingerprint density at radius 1 is 0.862 bits per heavy atom. The molecular formula is C25H22O4. The number of fused-ring (bicyclic) bond motifs is 2. The van der Waals surface area contributed by atoms with E-state index in [2.05, 4.69) is 0 Å². The van der Waals surface area contributed by atoms with Gasteiger partial charge in [-0.15, -0.1) is 0 Å². The van der Waals surface area contributed by atoms with Gasteiger partial charge in [0, 0.05) is 16.7 Å². The van der Waals surface area contributed by atoms with Crippen molar-refractivity contribution >= 4 is 11.8 Å². The van der Waals surface area contributed by atoms with Gasteiger partial charge in [-0.25, -0.2) is 0 Å². The summed E-state index contributed by atoms with van der Waals surface area (Å²) in [6, 6.07) is 20.3. The van der Waals surface area contributed by atoms with Crippen molar-refractivity contribution in [3.8, 4) is 11.5 Å². The van der Waals surface area contributed by atoms with Crippen LogP contribution in [0.3, 0.4) is 0 Å². The lowest BCUT2D eigenvalue weighted by atomic mass is 9.88. The number of Topliss-reactive ketones (excluding diaryl/α,β-unsaturated/α-hetero) is 1. The lowest BCUT2D eigenvalue weighted by molar-refractivity contribution is -0.147. The first-order chi connectivity index (χ1) is 14.0. The van der Waals surface area contributed by atoms with Gasteiger partial charge >= 0.3 is 5.97 Å². The smallest absolute Gasteiger partial charge is 0.318 e. The van der Waals surface area contributed by atoms with E-state index in [1.165, 1.54) is 0 Å². The summed E-state index contributed by atoms with van der Waals surface area (Å²) < 4.78 is 11.6. The van der Waals surface area contributed by atoms with Crippen LogP contribution in [0.1, 0.15) is 45.5 Å². The first-order valence-electron chi connectivity index (χ1n) is 9.63. The van der Waals surface area contributed by atoms with Gasteiger partial charge in [-0.1, -0.05) is 48.5 Å². The molecule has 0 saturated carbocycles. The highest BCUT2D eigenvalue weighted by atomic mass is 16.5. The van der Waals surface area contributed by atoms with Crippen molar-refractivity contribution < 1.29 is 19.1 Å². The van der Waals surface area contributed by atoms with Crippen LogP contribution in [0, 0.1) is 13.8 Å². The fourth-order valence-electron chi connectivity index (χ4n) is 3.59. The molecule has 0 amide bonds. The molecule has 4 nitrogen and oxygen atoms in total. The molecule has 1 atom stereocenters. The first-order valence-corrected chi connectivity index (χ1v) is 9.63. The molecule has 1 heterocycles. The van der Waals surface area contributed by atoms with Crippen molar-refractivity contribution in [1.82, 2.24) is 0 Å². The van der Waals surface area contributed by atoms with Crippen molar-refractivity contribution in [2.24, 2.45) is 0 Å². The summed E-state index contributed by atoms with van der Waals surface area (Å²) in [7, 11) is 0. The summed E-state index contributed by atoms with van der Waals surface area (Å²) in [5.41, 5.74) is 4.16. The molecule has 0 aliphatic carbocycles. The Bertz CT molecular complexity index is 1050. The number of rotatable bonds is 4. The highest BCUT2D eigenvalue weighted by Gasteiger charge is 2.35. The van der Waals surface area contributed by atoms with E-state index in [1.54, 1.807) is 13.0 Å². The maximum Gasteiger partial charge on any atom is 0.318 e. The number of ketones is 1. The average molecular weight is 386 g/mol. The highest BCUT2D eigenvalue weighted by Crippen LogP contribution is 2.44. The summed E-state index contributed by atoms with van der Waals surface area (Å²) in [4.78, 5) is 26.0. The molecule has 3 aromatic rings. The average Bonchev–Trinajstić information content (AvgIpc) is 2.73. The minimum atomic E-state index is -0.883. The third kappa shape index (κ3) is 3.54. The summed E-state index contributed by atoms with van der Waals surface area (Å²) >= 11 is 0.